The Kier molecular flexibility index (Phi) is 5.66. The molecule has 2 aromatic carbocycles. The first kappa shape index (κ1) is 21.0. The van der Waals surface area contributed by atoms with Gasteiger partial charge in [-0.1, -0.05) is 29.5 Å². The van der Waals surface area contributed by atoms with Gasteiger partial charge in [0.05, 0.1) is 22.5 Å². The molecule has 0 unspecified atom stereocenters. The average Bonchev–Trinajstić information content (AvgIpc) is 3.39. The Hall–Kier alpha value is -2.82. The number of hydrogen-bond donors (Lipinski definition) is 0. The van der Waals surface area contributed by atoms with Crippen molar-refractivity contribution in [3.05, 3.63) is 66.6 Å². The number of fused-ring (bicyclic) bond motifs is 1. The highest BCUT2D eigenvalue weighted by atomic mass is 32.2. The number of anilines is 1. The van der Waals surface area contributed by atoms with E-state index < -0.39 is 9.84 Å². The number of benzene rings is 2. The van der Waals surface area contributed by atoms with Crippen LogP contribution in [0.25, 0.3) is 16.2 Å². The number of halogens is 1. The SMILES string of the molecule is O=S(=O)(CCN1CCN(c2nn3cc(-c4ccc(F)cc4)nc3s2)CC1)c1ccccc1. The Morgan fingerprint density at radius 1 is 0.969 bits per heavy atom. The topological polar surface area (TPSA) is 70.8 Å². The van der Waals surface area contributed by atoms with Crippen LogP contribution in [0, 0.1) is 5.82 Å². The van der Waals surface area contributed by atoms with Gasteiger partial charge >= 0.3 is 0 Å². The van der Waals surface area contributed by atoms with Crippen LogP contribution in [0.2, 0.25) is 0 Å². The average molecular weight is 472 g/mol. The second-order valence-corrected chi connectivity index (χ2v) is 10.7. The van der Waals surface area contributed by atoms with Gasteiger partial charge in [0.1, 0.15) is 5.82 Å². The predicted molar refractivity (Wildman–Crippen MR) is 123 cm³/mol. The number of aromatic nitrogens is 3. The molecule has 1 aliphatic heterocycles. The molecule has 4 aromatic rings. The molecule has 0 bridgehead atoms. The number of imidazole rings is 1. The van der Waals surface area contributed by atoms with Crippen LogP contribution in [0.5, 0.6) is 0 Å². The van der Waals surface area contributed by atoms with Gasteiger partial charge in [-0.15, -0.1) is 5.10 Å². The third-order valence-corrected chi connectivity index (χ3v) is 8.29. The maximum Gasteiger partial charge on any atom is 0.214 e. The molecule has 0 amide bonds. The zero-order valence-corrected chi connectivity index (χ0v) is 18.9. The van der Waals surface area contributed by atoms with Gasteiger partial charge in [0.2, 0.25) is 10.1 Å². The Morgan fingerprint density at radius 3 is 2.38 bits per heavy atom. The number of sulfone groups is 1. The molecule has 1 aliphatic rings. The van der Waals surface area contributed by atoms with E-state index in [4.69, 9.17) is 0 Å². The van der Waals surface area contributed by atoms with E-state index in [0.717, 1.165) is 47.5 Å². The molecule has 0 spiro atoms. The van der Waals surface area contributed by atoms with Crippen molar-refractivity contribution in [2.75, 3.05) is 43.4 Å². The van der Waals surface area contributed by atoms with Gasteiger partial charge in [-0.2, -0.15) is 0 Å². The summed E-state index contributed by atoms with van der Waals surface area (Å²) < 4.78 is 39.9. The second kappa shape index (κ2) is 8.61. The molecule has 3 heterocycles. The van der Waals surface area contributed by atoms with Crippen molar-refractivity contribution in [2.24, 2.45) is 0 Å². The van der Waals surface area contributed by atoms with Gasteiger partial charge in [-0.05, 0) is 36.4 Å². The summed E-state index contributed by atoms with van der Waals surface area (Å²) in [6.07, 6.45) is 1.85. The third kappa shape index (κ3) is 4.38. The lowest BCUT2D eigenvalue weighted by molar-refractivity contribution is 0.271. The molecule has 0 atom stereocenters. The summed E-state index contributed by atoms with van der Waals surface area (Å²) in [6, 6.07) is 14.9. The molecule has 7 nitrogen and oxygen atoms in total. The lowest BCUT2D eigenvalue weighted by atomic mass is 10.2. The second-order valence-electron chi connectivity index (χ2n) is 7.71. The van der Waals surface area contributed by atoms with Gasteiger partial charge < -0.3 is 4.90 Å². The van der Waals surface area contributed by atoms with Crippen molar-refractivity contribution >= 4 is 31.3 Å². The summed E-state index contributed by atoms with van der Waals surface area (Å²) in [7, 11) is -3.26. The number of hydrogen-bond acceptors (Lipinski definition) is 7. The molecule has 0 aliphatic carbocycles. The van der Waals surface area contributed by atoms with Gasteiger partial charge in [-0.3, -0.25) is 4.90 Å². The molecule has 1 saturated heterocycles. The van der Waals surface area contributed by atoms with Crippen LogP contribution >= 0.6 is 11.3 Å². The fourth-order valence-corrected chi connectivity index (χ4v) is 5.98. The first-order chi connectivity index (χ1) is 15.5. The first-order valence-electron chi connectivity index (χ1n) is 10.4. The lowest BCUT2D eigenvalue weighted by Gasteiger charge is -2.34. The minimum atomic E-state index is -3.26. The molecular formula is C22H22FN5O2S2. The smallest absolute Gasteiger partial charge is 0.214 e. The van der Waals surface area contributed by atoms with Crippen LogP contribution in [0.3, 0.4) is 0 Å². The van der Waals surface area contributed by atoms with Crippen molar-refractivity contribution in [3.63, 3.8) is 0 Å². The molecule has 5 rings (SSSR count). The van der Waals surface area contributed by atoms with Gasteiger partial charge in [0, 0.05) is 38.3 Å². The quantitative estimate of drug-likeness (QED) is 0.430. The van der Waals surface area contributed by atoms with E-state index >= 15 is 0 Å². The molecule has 0 radical (unpaired) electrons. The van der Waals surface area contributed by atoms with Gasteiger partial charge in [0.25, 0.3) is 0 Å². The Balaban J connectivity index is 1.19. The molecule has 0 N–H and O–H groups in total. The highest BCUT2D eigenvalue weighted by Crippen LogP contribution is 2.27. The highest BCUT2D eigenvalue weighted by molar-refractivity contribution is 7.91. The monoisotopic (exact) mass is 471 g/mol. The lowest BCUT2D eigenvalue weighted by Crippen LogP contribution is -2.47. The van der Waals surface area contributed by atoms with Crippen molar-refractivity contribution in [1.82, 2.24) is 19.5 Å². The summed E-state index contributed by atoms with van der Waals surface area (Å²) in [4.78, 5) is 10.2. The minimum absolute atomic E-state index is 0.119. The molecule has 0 saturated carbocycles. The van der Waals surface area contributed by atoms with Gasteiger partial charge in [-0.25, -0.2) is 22.3 Å². The molecular weight excluding hydrogens is 449 g/mol. The largest absolute Gasteiger partial charge is 0.344 e. The number of piperazine rings is 1. The molecule has 166 valence electrons. The van der Waals surface area contributed by atoms with E-state index in [1.165, 1.54) is 23.5 Å². The Bertz CT molecular complexity index is 1280. The summed E-state index contributed by atoms with van der Waals surface area (Å²) in [5.41, 5.74) is 1.62. The van der Waals surface area contributed by atoms with Gasteiger partial charge in [0.15, 0.2) is 9.84 Å². The molecule has 10 heteroatoms. The van der Waals surface area contributed by atoms with Crippen LogP contribution in [-0.4, -0.2) is 66.4 Å². The van der Waals surface area contributed by atoms with E-state index in [1.807, 2.05) is 12.3 Å². The highest BCUT2D eigenvalue weighted by Gasteiger charge is 2.23. The van der Waals surface area contributed by atoms with E-state index in [2.05, 4.69) is 19.9 Å². The maximum atomic E-state index is 13.1. The van der Waals surface area contributed by atoms with Crippen molar-refractivity contribution in [3.8, 4) is 11.3 Å². The number of rotatable bonds is 6. The molecule has 32 heavy (non-hydrogen) atoms. The first-order valence-corrected chi connectivity index (χ1v) is 12.8. The summed E-state index contributed by atoms with van der Waals surface area (Å²) in [6.45, 7) is 3.66. The summed E-state index contributed by atoms with van der Waals surface area (Å²) in [5.74, 6) is -0.152. The predicted octanol–water partition coefficient (Wildman–Crippen LogP) is 3.19. The van der Waals surface area contributed by atoms with Crippen molar-refractivity contribution in [2.45, 2.75) is 4.90 Å². The van der Waals surface area contributed by atoms with E-state index in [0.29, 0.717) is 11.4 Å². The number of nitrogens with zero attached hydrogens (tertiary/aromatic N) is 5. The summed E-state index contributed by atoms with van der Waals surface area (Å²) in [5, 5.41) is 5.56. The van der Waals surface area contributed by atoms with Crippen LogP contribution in [-0.2, 0) is 9.84 Å². The van der Waals surface area contributed by atoms with E-state index in [-0.39, 0.29) is 11.6 Å². The Labute approximate surface area is 189 Å². The molecule has 2 aromatic heterocycles. The maximum absolute atomic E-state index is 13.1. The van der Waals surface area contributed by atoms with Crippen LogP contribution in [0.15, 0.2) is 65.7 Å². The minimum Gasteiger partial charge on any atom is -0.344 e. The van der Waals surface area contributed by atoms with Crippen LogP contribution in [0.1, 0.15) is 0 Å². The van der Waals surface area contributed by atoms with Crippen LogP contribution < -0.4 is 4.90 Å². The standard InChI is InChI=1S/C22H22FN5O2S2/c23-18-8-6-17(7-9-18)20-16-28-21(24-20)31-22(25-28)27-12-10-26(11-13-27)14-15-32(29,30)19-4-2-1-3-5-19/h1-9,16H,10-15H2. The zero-order chi connectivity index (χ0) is 22.1. The zero-order valence-electron chi connectivity index (χ0n) is 17.3. The summed E-state index contributed by atoms with van der Waals surface area (Å²) >= 11 is 1.52. The van der Waals surface area contributed by atoms with E-state index in [9.17, 15) is 12.8 Å². The van der Waals surface area contributed by atoms with Crippen LogP contribution in [0.4, 0.5) is 9.52 Å². The molecule has 1 fully saturated rings. The van der Waals surface area contributed by atoms with Crippen molar-refractivity contribution in [1.29, 1.82) is 0 Å². The fraction of sp³-hybridized carbons (Fsp3) is 0.273. The Morgan fingerprint density at radius 2 is 1.69 bits per heavy atom. The third-order valence-electron chi connectivity index (χ3n) is 5.59. The van der Waals surface area contributed by atoms with Crippen molar-refractivity contribution < 1.29 is 12.8 Å². The van der Waals surface area contributed by atoms with E-state index in [1.54, 1.807) is 40.9 Å². The normalized spacial score (nSPS) is 15.5. The fourth-order valence-electron chi connectivity index (χ4n) is 3.73.